The second-order valence-electron chi connectivity index (χ2n) is 4.91. The monoisotopic (exact) mass is 315 g/mol. The number of methoxy groups -OCH3 is 1. The second kappa shape index (κ2) is 7.01. The highest BCUT2D eigenvalue weighted by Gasteiger charge is 2.14. The fourth-order valence-corrected chi connectivity index (χ4v) is 2.18. The first-order chi connectivity index (χ1) is 11.3. The maximum absolute atomic E-state index is 12.2. The van der Waals surface area contributed by atoms with Gasteiger partial charge in [0.2, 0.25) is 11.8 Å². The van der Waals surface area contributed by atoms with Gasteiger partial charge in [0.25, 0.3) is 5.91 Å². The lowest BCUT2D eigenvalue weighted by Crippen LogP contribution is -2.37. The van der Waals surface area contributed by atoms with Gasteiger partial charge in [0.05, 0.1) is 38.4 Å². The molecule has 2 aromatic heterocycles. The molecule has 0 bridgehead atoms. The predicted octanol–water partition coefficient (Wildman–Crippen LogP) is 0.969. The van der Waals surface area contributed by atoms with Gasteiger partial charge in [0.15, 0.2) is 0 Å². The lowest BCUT2D eigenvalue weighted by molar-refractivity contribution is 0.102. The van der Waals surface area contributed by atoms with Crippen LogP contribution in [0.4, 0.5) is 11.6 Å². The van der Waals surface area contributed by atoms with Crippen LogP contribution >= 0.6 is 0 Å². The Morgan fingerprint density at radius 1 is 1.26 bits per heavy atom. The van der Waals surface area contributed by atoms with Crippen LogP contribution in [-0.4, -0.2) is 54.3 Å². The first kappa shape index (κ1) is 15.2. The Morgan fingerprint density at radius 3 is 2.70 bits per heavy atom. The number of pyridine rings is 1. The molecule has 0 saturated carbocycles. The van der Waals surface area contributed by atoms with Gasteiger partial charge in [-0.15, -0.1) is 0 Å². The van der Waals surface area contributed by atoms with Gasteiger partial charge in [0.1, 0.15) is 0 Å². The van der Waals surface area contributed by atoms with Crippen molar-refractivity contribution in [3.63, 3.8) is 0 Å². The van der Waals surface area contributed by atoms with Crippen molar-refractivity contribution in [2.24, 2.45) is 0 Å². The molecule has 3 rings (SSSR count). The van der Waals surface area contributed by atoms with E-state index in [9.17, 15) is 4.79 Å². The molecule has 8 nitrogen and oxygen atoms in total. The summed E-state index contributed by atoms with van der Waals surface area (Å²) < 4.78 is 10.3. The average molecular weight is 315 g/mol. The molecule has 8 heteroatoms. The smallest absolute Gasteiger partial charge is 0.255 e. The minimum atomic E-state index is -0.270. The summed E-state index contributed by atoms with van der Waals surface area (Å²) in [6, 6.07) is 3.18. The van der Waals surface area contributed by atoms with Crippen LogP contribution in [0.1, 0.15) is 10.4 Å². The van der Waals surface area contributed by atoms with E-state index in [0.29, 0.717) is 36.3 Å². The number of rotatable bonds is 4. The Morgan fingerprint density at radius 2 is 2.00 bits per heavy atom. The van der Waals surface area contributed by atoms with Crippen molar-refractivity contribution in [2.75, 3.05) is 43.6 Å². The van der Waals surface area contributed by atoms with Gasteiger partial charge >= 0.3 is 0 Å². The van der Waals surface area contributed by atoms with E-state index >= 15 is 0 Å². The lowest BCUT2D eigenvalue weighted by Gasteiger charge is -2.26. The molecule has 3 heterocycles. The Bertz CT molecular complexity index is 671. The molecule has 1 amide bonds. The largest absolute Gasteiger partial charge is 0.481 e. The zero-order chi connectivity index (χ0) is 16.1. The van der Waals surface area contributed by atoms with Crippen molar-refractivity contribution in [1.29, 1.82) is 0 Å². The molecular formula is C15H17N5O3. The number of carbonyl (C=O) groups excluding carboxylic acids is 1. The van der Waals surface area contributed by atoms with Crippen molar-refractivity contribution in [3.8, 4) is 5.88 Å². The molecule has 1 aliphatic heterocycles. The number of aromatic nitrogens is 3. The van der Waals surface area contributed by atoms with Crippen LogP contribution in [0.25, 0.3) is 0 Å². The highest BCUT2D eigenvalue weighted by molar-refractivity contribution is 6.04. The van der Waals surface area contributed by atoms with E-state index in [1.807, 2.05) is 4.90 Å². The third-order valence-electron chi connectivity index (χ3n) is 3.40. The van der Waals surface area contributed by atoms with Crippen LogP contribution in [0.2, 0.25) is 0 Å². The summed E-state index contributed by atoms with van der Waals surface area (Å²) in [7, 11) is 1.50. The van der Waals surface area contributed by atoms with Gasteiger partial charge in [-0.1, -0.05) is 0 Å². The highest BCUT2D eigenvalue weighted by Crippen LogP contribution is 2.14. The minimum Gasteiger partial charge on any atom is -0.481 e. The Hall–Kier alpha value is -2.74. The van der Waals surface area contributed by atoms with Crippen molar-refractivity contribution in [1.82, 2.24) is 15.0 Å². The Balaban J connectivity index is 1.66. The second-order valence-corrected chi connectivity index (χ2v) is 4.91. The summed E-state index contributed by atoms with van der Waals surface area (Å²) in [6.45, 7) is 2.88. The van der Waals surface area contributed by atoms with Crippen LogP contribution in [0.15, 0.2) is 30.7 Å². The van der Waals surface area contributed by atoms with E-state index in [1.165, 1.54) is 13.3 Å². The van der Waals surface area contributed by atoms with Crippen molar-refractivity contribution >= 4 is 17.5 Å². The molecule has 0 radical (unpaired) electrons. The summed E-state index contributed by atoms with van der Waals surface area (Å²) in [5.74, 6) is 0.752. The van der Waals surface area contributed by atoms with E-state index in [2.05, 4.69) is 20.3 Å². The molecule has 0 aliphatic carbocycles. The molecule has 0 atom stereocenters. The topological polar surface area (TPSA) is 89.5 Å². The number of ether oxygens (including phenoxy) is 2. The predicted molar refractivity (Wildman–Crippen MR) is 83.8 cm³/mol. The SMILES string of the molecule is COc1cc(C(=O)Nc2cnc(N3CCOCC3)nc2)ccn1. The van der Waals surface area contributed by atoms with E-state index < -0.39 is 0 Å². The molecule has 2 aromatic rings. The molecule has 1 saturated heterocycles. The van der Waals surface area contributed by atoms with Crippen molar-refractivity contribution in [3.05, 3.63) is 36.3 Å². The van der Waals surface area contributed by atoms with E-state index in [1.54, 1.807) is 24.5 Å². The lowest BCUT2D eigenvalue weighted by atomic mass is 10.2. The fraction of sp³-hybridized carbons (Fsp3) is 0.333. The van der Waals surface area contributed by atoms with Crippen LogP contribution in [0, 0.1) is 0 Å². The van der Waals surface area contributed by atoms with Crippen LogP contribution in [-0.2, 0) is 4.74 Å². The molecule has 1 aliphatic rings. The molecule has 120 valence electrons. The van der Waals surface area contributed by atoms with Gasteiger partial charge in [-0.05, 0) is 6.07 Å². The van der Waals surface area contributed by atoms with E-state index in [0.717, 1.165) is 13.1 Å². The number of nitrogens with one attached hydrogen (secondary N) is 1. The van der Waals surface area contributed by atoms with Crippen LogP contribution in [0.5, 0.6) is 5.88 Å². The zero-order valence-electron chi connectivity index (χ0n) is 12.7. The minimum absolute atomic E-state index is 0.270. The van der Waals surface area contributed by atoms with Crippen LogP contribution in [0.3, 0.4) is 0 Å². The number of morpholine rings is 1. The Kier molecular flexibility index (Phi) is 4.62. The van der Waals surface area contributed by atoms with Gasteiger partial charge in [-0.25, -0.2) is 15.0 Å². The summed E-state index contributed by atoms with van der Waals surface area (Å²) >= 11 is 0. The first-order valence-corrected chi connectivity index (χ1v) is 7.22. The van der Waals surface area contributed by atoms with Gasteiger partial charge in [-0.3, -0.25) is 4.79 Å². The first-order valence-electron chi connectivity index (χ1n) is 7.22. The molecular weight excluding hydrogens is 298 g/mol. The molecule has 1 fully saturated rings. The normalized spacial score (nSPS) is 14.4. The maximum atomic E-state index is 12.2. The molecule has 1 N–H and O–H groups in total. The quantitative estimate of drug-likeness (QED) is 0.899. The number of hydrogen-bond donors (Lipinski definition) is 1. The molecule has 0 spiro atoms. The van der Waals surface area contributed by atoms with E-state index in [4.69, 9.17) is 9.47 Å². The van der Waals surface area contributed by atoms with Gasteiger partial charge in [0, 0.05) is 30.9 Å². The summed E-state index contributed by atoms with van der Waals surface area (Å²) in [5, 5.41) is 2.75. The highest BCUT2D eigenvalue weighted by atomic mass is 16.5. The summed E-state index contributed by atoms with van der Waals surface area (Å²) in [5.41, 5.74) is 0.983. The standard InChI is InChI=1S/C15H17N5O3/c1-22-13-8-11(2-3-16-13)14(21)19-12-9-17-15(18-10-12)20-4-6-23-7-5-20/h2-3,8-10H,4-7H2,1H3,(H,19,21). The Labute approximate surface area is 133 Å². The maximum Gasteiger partial charge on any atom is 0.255 e. The van der Waals surface area contributed by atoms with Crippen molar-refractivity contribution in [2.45, 2.75) is 0 Å². The molecule has 23 heavy (non-hydrogen) atoms. The number of anilines is 2. The van der Waals surface area contributed by atoms with Gasteiger partial charge < -0.3 is 19.7 Å². The van der Waals surface area contributed by atoms with E-state index in [-0.39, 0.29) is 5.91 Å². The zero-order valence-corrected chi connectivity index (χ0v) is 12.7. The molecule has 0 aromatic carbocycles. The fourth-order valence-electron chi connectivity index (χ4n) is 2.18. The number of hydrogen-bond acceptors (Lipinski definition) is 7. The van der Waals surface area contributed by atoms with Crippen LogP contribution < -0.4 is 15.0 Å². The summed E-state index contributed by atoms with van der Waals surface area (Å²) in [4.78, 5) is 26.8. The molecule has 0 unspecified atom stereocenters. The number of nitrogens with zero attached hydrogens (tertiary/aromatic N) is 4. The number of carbonyl (C=O) groups is 1. The third kappa shape index (κ3) is 3.72. The van der Waals surface area contributed by atoms with Gasteiger partial charge in [-0.2, -0.15) is 0 Å². The third-order valence-corrected chi connectivity index (χ3v) is 3.40. The average Bonchev–Trinajstić information content (AvgIpc) is 2.63. The van der Waals surface area contributed by atoms with Crippen molar-refractivity contribution < 1.29 is 14.3 Å². The summed E-state index contributed by atoms with van der Waals surface area (Å²) in [6.07, 6.45) is 4.70. The number of amides is 1.